The normalized spacial score (nSPS) is 20.6. The summed E-state index contributed by atoms with van der Waals surface area (Å²) >= 11 is 0. The number of aliphatic hydroxyl groups is 1. The van der Waals surface area contributed by atoms with Crippen LogP contribution in [-0.4, -0.2) is 39.4 Å². The van der Waals surface area contributed by atoms with Crippen LogP contribution in [0.15, 0.2) is 24.4 Å². The van der Waals surface area contributed by atoms with Crippen LogP contribution in [0.5, 0.6) is 5.88 Å². The van der Waals surface area contributed by atoms with E-state index in [1.807, 2.05) is 6.07 Å². The standard InChI is InChI=1S/C18H24N4O3/c1-3-4-13-9-15(22-21-13)18(24)20-17(12-7-14(23)8-12)11-5-6-16(25-2)19-10-11/h5-6,9-10,12,14,17,23H,3-4,7-8H2,1-2H3,(H,20,24)(H,21,22). The number of aliphatic hydroxyl groups excluding tert-OH is 1. The average Bonchev–Trinajstić information content (AvgIpc) is 3.06. The van der Waals surface area contributed by atoms with E-state index in [-0.39, 0.29) is 24.0 Å². The van der Waals surface area contributed by atoms with Crippen molar-refractivity contribution in [2.24, 2.45) is 5.92 Å². The minimum Gasteiger partial charge on any atom is -0.481 e. The second kappa shape index (κ2) is 7.65. The van der Waals surface area contributed by atoms with E-state index >= 15 is 0 Å². The van der Waals surface area contributed by atoms with Crippen molar-refractivity contribution in [2.45, 2.75) is 44.8 Å². The quantitative estimate of drug-likeness (QED) is 0.713. The molecule has 0 saturated heterocycles. The minimum atomic E-state index is -0.294. The van der Waals surface area contributed by atoms with Crippen LogP contribution < -0.4 is 10.1 Å². The molecule has 1 atom stereocenters. The zero-order valence-electron chi connectivity index (χ0n) is 14.5. The highest BCUT2D eigenvalue weighted by molar-refractivity contribution is 5.92. The zero-order valence-corrected chi connectivity index (χ0v) is 14.5. The maximum absolute atomic E-state index is 12.6. The lowest BCUT2D eigenvalue weighted by Gasteiger charge is -2.38. The Balaban J connectivity index is 1.75. The number of pyridine rings is 1. The molecule has 0 aliphatic heterocycles. The number of H-pyrrole nitrogens is 1. The van der Waals surface area contributed by atoms with E-state index in [2.05, 4.69) is 27.4 Å². The van der Waals surface area contributed by atoms with Gasteiger partial charge in [0.25, 0.3) is 5.91 Å². The second-order valence-electron chi connectivity index (χ2n) is 6.50. The topological polar surface area (TPSA) is 100 Å². The number of aromatic amines is 1. The number of rotatable bonds is 7. The summed E-state index contributed by atoms with van der Waals surface area (Å²) in [5.41, 5.74) is 2.24. The van der Waals surface area contributed by atoms with Gasteiger partial charge in [0.1, 0.15) is 5.69 Å². The molecule has 25 heavy (non-hydrogen) atoms. The van der Waals surface area contributed by atoms with E-state index in [9.17, 15) is 9.90 Å². The highest BCUT2D eigenvalue weighted by atomic mass is 16.5. The van der Waals surface area contributed by atoms with Crippen molar-refractivity contribution in [3.8, 4) is 5.88 Å². The molecule has 2 aromatic rings. The molecule has 134 valence electrons. The van der Waals surface area contributed by atoms with E-state index in [1.54, 1.807) is 25.4 Å². The van der Waals surface area contributed by atoms with Gasteiger partial charge in [-0.2, -0.15) is 5.10 Å². The van der Waals surface area contributed by atoms with Crippen molar-refractivity contribution in [3.05, 3.63) is 41.3 Å². The first-order chi connectivity index (χ1) is 12.1. The fourth-order valence-electron chi connectivity index (χ4n) is 3.16. The van der Waals surface area contributed by atoms with Crippen molar-refractivity contribution >= 4 is 5.91 Å². The van der Waals surface area contributed by atoms with Crippen LogP contribution in [0.4, 0.5) is 0 Å². The smallest absolute Gasteiger partial charge is 0.272 e. The molecular weight excluding hydrogens is 320 g/mol. The van der Waals surface area contributed by atoms with E-state index in [0.717, 1.165) is 24.1 Å². The fraction of sp³-hybridized carbons (Fsp3) is 0.500. The van der Waals surface area contributed by atoms with Crippen LogP contribution in [-0.2, 0) is 6.42 Å². The first-order valence-electron chi connectivity index (χ1n) is 8.63. The van der Waals surface area contributed by atoms with Crippen LogP contribution in [0.2, 0.25) is 0 Å². The van der Waals surface area contributed by atoms with Crippen molar-refractivity contribution in [1.29, 1.82) is 0 Å². The Bertz CT molecular complexity index is 707. The number of aromatic nitrogens is 3. The number of nitrogens with one attached hydrogen (secondary N) is 2. The predicted molar refractivity (Wildman–Crippen MR) is 92.3 cm³/mol. The first kappa shape index (κ1) is 17.4. The van der Waals surface area contributed by atoms with Crippen molar-refractivity contribution < 1.29 is 14.6 Å². The number of carbonyl (C=O) groups is 1. The molecule has 0 radical (unpaired) electrons. The summed E-state index contributed by atoms with van der Waals surface area (Å²) in [4.78, 5) is 16.8. The van der Waals surface area contributed by atoms with Gasteiger partial charge < -0.3 is 15.2 Å². The summed E-state index contributed by atoms with van der Waals surface area (Å²) in [6, 6.07) is 5.25. The summed E-state index contributed by atoms with van der Waals surface area (Å²) in [7, 11) is 1.56. The summed E-state index contributed by atoms with van der Waals surface area (Å²) in [5, 5.41) is 19.7. The van der Waals surface area contributed by atoms with Gasteiger partial charge in [-0.25, -0.2) is 4.98 Å². The highest BCUT2D eigenvalue weighted by Crippen LogP contribution is 2.38. The summed E-state index contributed by atoms with van der Waals surface area (Å²) in [6.45, 7) is 2.08. The number of hydrogen-bond donors (Lipinski definition) is 3. The number of ether oxygens (including phenoxy) is 1. The number of carbonyl (C=O) groups excluding carboxylic acids is 1. The Morgan fingerprint density at radius 1 is 1.48 bits per heavy atom. The van der Waals surface area contributed by atoms with Crippen LogP contribution in [0.25, 0.3) is 0 Å². The average molecular weight is 344 g/mol. The summed E-state index contributed by atoms with van der Waals surface area (Å²) in [6.07, 6.45) is 4.60. The van der Waals surface area contributed by atoms with Crippen LogP contribution in [0.3, 0.4) is 0 Å². The number of amides is 1. The van der Waals surface area contributed by atoms with Crippen LogP contribution >= 0.6 is 0 Å². The molecule has 7 heteroatoms. The SMILES string of the molecule is CCCc1cc(C(=O)NC(c2ccc(OC)nc2)C2CC(O)C2)n[nH]1. The molecule has 1 amide bonds. The largest absolute Gasteiger partial charge is 0.481 e. The first-order valence-corrected chi connectivity index (χ1v) is 8.63. The summed E-state index contributed by atoms with van der Waals surface area (Å²) < 4.78 is 5.09. The zero-order chi connectivity index (χ0) is 17.8. The molecule has 2 heterocycles. The van der Waals surface area contributed by atoms with E-state index in [0.29, 0.717) is 24.4 Å². The lowest BCUT2D eigenvalue weighted by molar-refractivity contribution is 0.0234. The third-order valence-electron chi connectivity index (χ3n) is 4.62. The third-order valence-corrected chi connectivity index (χ3v) is 4.62. The molecular formula is C18H24N4O3. The van der Waals surface area contributed by atoms with Gasteiger partial charge in [-0.05, 0) is 36.8 Å². The van der Waals surface area contributed by atoms with Gasteiger partial charge in [0.2, 0.25) is 5.88 Å². The molecule has 7 nitrogen and oxygen atoms in total. The van der Waals surface area contributed by atoms with Gasteiger partial charge in [0, 0.05) is 18.0 Å². The van der Waals surface area contributed by atoms with E-state index < -0.39 is 0 Å². The number of hydrogen-bond acceptors (Lipinski definition) is 5. The Labute approximate surface area is 146 Å². The van der Waals surface area contributed by atoms with Gasteiger partial charge in [0.05, 0.1) is 19.3 Å². The molecule has 1 aliphatic rings. The van der Waals surface area contributed by atoms with Crippen molar-refractivity contribution in [3.63, 3.8) is 0 Å². The molecule has 1 aliphatic carbocycles. The highest BCUT2D eigenvalue weighted by Gasteiger charge is 2.36. The van der Waals surface area contributed by atoms with Gasteiger partial charge in [-0.15, -0.1) is 0 Å². The Morgan fingerprint density at radius 3 is 2.88 bits per heavy atom. The second-order valence-corrected chi connectivity index (χ2v) is 6.50. The lowest BCUT2D eigenvalue weighted by Crippen LogP contribution is -2.41. The molecule has 3 N–H and O–H groups in total. The van der Waals surface area contributed by atoms with Crippen molar-refractivity contribution in [2.75, 3.05) is 7.11 Å². The Morgan fingerprint density at radius 2 is 2.28 bits per heavy atom. The van der Waals surface area contributed by atoms with Crippen LogP contribution in [0, 0.1) is 5.92 Å². The molecule has 2 aromatic heterocycles. The van der Waals surface area contributed by atoms with Gasteiger partial charge >= 0.3 is 0 Å². The number of methoxy groups -OCH3 is 1. The monoisotopic (exact) mass is 344 g/mol. The van der Waals surface area contributed by atoms with Gasteiger partial charge in [-0.3, -0.25) is 9.89 Å². The van der Waals surface area contributed by atoms with Gasteiger partial charge in [0.15, 0.2) is 0 Å². The number of nitrogens with zero attached hydrogens (tertiary/aromatic N) is 2. The van der Waals surface area contributed by atoms with Crippen molar-refractivity contribution in [1.82, 2.24) is 20.5 Å². The van der Waals surface area contributed by atoms with Gasteiger partial charge in [-0.1, -0.05) is 19.4 Å². The molecule has 0 aromatic carbocycles. The Hall–Kier alpha value is -2.41. The van der Waals surface area contributed by atoms with E-state index in [4.69, 9.17) is 4.74 Å². The fourth-order valence-corrected chi connectivity index (χ4v) is 3.16. The lowest BCUT2D eigenvalue weighted by atomic mass is 9.75. The summed E-state index contributed by atoms with van der Waals surface area (Å²) in [5.74, 6) is 0.489. The maximum Gasteiger partial charge on any atom is 0.272 e. The number of aryl methyl sites for hydroxylation is 1. The maximum atomic E-state index is 12.6. The third kappa shape index (κ3) is 3.99. The molecule has 0 spiro atoms. The molecule has 1 saturated carbocycles. The molecule has 1 unspecified atom stereocenters. The molecule has 1 fully saturated rings. The molecule has 3 rings (SSSR count). The van der Waals surface area contributed by atoms with E-state index in [1.165, 1.54) is 0 Å². The minimum absolute atomic E-state index is 0.184. The predicted octanol–water partition coefficient (Wildman–Crippen LogP) is 2.01. The Kier molecular flexibility index (Phi) is 5.33. The van der Waals surface area contributed by atoms with Crippen LogP contribution in [0.1, 0.15) is 54.0 Å². The molecule has 0 bridgehead atoms.